The number of benzene rings is 3. The van der Waals surface area contributed by atoms with Crippen LogP contribution in [0.25, 0.3) is 0 Å². The van der Waals surface area contributed by atoms with Crippen molar-refractivity contribution in [3.8, 4) is 34.5 Å². The average Bonchev–Trinajstić information content (AvgIpc) is 2.64. The summed E-state index contributed by atoms with van der Waals surface area (Å²) in [7, 11) is 0. The van der Waals surface area contributed by atoms with Gasteiger partial charge in [0.05, 0.1) is 0 Å². The lowest BCUT2D eigenvalue weighted by Gasteiger charge is -2.10. The van der Waals surface area contributed by atoms with E-state index >= 15 is 0 Å². The lowest BCUT2D eigenvalue weighted by molar-refractivity contribution is 0.365. The van der Waals surface area contributed by atoms with E-state index in [4.69, 9.17) is 0 Å². The van der Waals surface area contributed by atoms with Crippen LogP contribution < -0.4 is 0 Å². The first-order valence-electron chi connectivity index (χ1n) is 7.90. The monoisotopic (exact) mass is 354 g/mol. The summed E-state index contributed by atoms with van der Waals surface area (Å²) < 4.78 is 0. The summed E-state index contributed by atoms with van der Waals surface area (Å²) in [4.78, 5) is 0. The summed E-state index contributed by atoms with van der Waals surface area (Å²) in [5.41, 5.74) is 2.72. The summed E-state index contributed by atoms with van der Waals surface area (Å²) >= 11 is 0. The lowest BCUT2D eigenvalue weighted by atomic mass is 9.99. The third-order valence-corrected chi connectivity index (χ3v) is 4.24. The van der Waals surface area contributed by atoms with E-state index in [1.165, 1.54) is 24.3 Å². The average molecular weight is 354 g/mol. The zero-order valence-electron chi connectivity index (χ0n) is 13.7. The molecule has 0 aliphatic carbocycles. The fourth-order valence-corrected chi connectivity index (χ4v) is 2.72. The second kappa shape index (κ2) is 6.76. The highest BCUT2D eigenvalue weighted by molar-refractivity contribution is 5.55. The van der Waals surface area contributed by atoms with Crippen molar-refractivity contribution >= 4 is 0 Å². The highest BCUT2D eigenvalue weighted by Crippen LogP contribution is 2.39. The summed E-state index contributed by atoms with van der Waals surface area (Å²) in [6, 6.07) is 13.1. The zero-order chi connectivity index (χ0) is 18.8. The van der Waals surface area contributed by atoms with Crippen LogP contribution in [0.4, 0.5) is 0 Å². The molecule has 3 aromatic rings. The Morgan fingerprint density at radius 3 is 1.12 bits per heavy atom. The molecule has 0 radical (unpaired) electrons. The van der Waals surface area contributed by atoms with Crippen LogP contribution >= 0.6 is 0 Å². The van der Waals surface area contributed by atoms with E-state index in [1.807, 2.05) is 24.3 Å². The van der Waals surface area contributed by atoms with Gasteiger partial charge in [0.15, 0.2) is 23.0 Å². The molecular weight excluding hydrogens is 336 g/mol. The summed E-state index contributed by atoms with van der Waals surface area (Å²) in [5, 5.41) is 57.7. The van der Waals surface area contributed by atoms with Crippen LogP contribution in [0.1, 0.15) is 22.3 Å². The van der Waals surface area contributed by atoms with Gasteiger partial charge in [0.25, 0.3) is 0 Å². The van der Waals surface area contributed by atoms with Gasteiger partial charge in [0, 0.05) is 24.0 Å². The van der Waals surface area contributed by atoms with Crippen molar-refractivity contribution < 1.29 is 30.6 Å². The lowest BCUT2D eigenvalue weighted by Crippen LogP contribution is -1.93. The summed E-state index contributed by atoms with van der Waals surface area (Å²) in [6.07, 6.45) is 0.733. The Morgan fingerprint density at radius 1 is 0.423 bits per heavy atom. The molecule has 134 valence electrons. The predicted octanol–water partition coefficient (Wildman–Crippen LogP) is 3.10. The molecule has 0 aromatic heterocycles. The normalized spacial score (nSPS) is 10.8. The Kier molecular flexibility index (Phi) is 4.49. The van der Waals surface area contributed by atoms with Crippen molar-refractivity contribution in [2.24, 2.45) is 0 Å². The molecule has 0 amide bonds. The van der Waals surface area contributed by atoms with E-state index in [2.05, 4.69) is 0 Å². The third-order valence-electron chi connectivity index (χ3n) is 4.24. The SMILES string of the molecule is Oc1ccc(Cc2ccc(Cc3ccc(O)c(O)c3O)cc2)c(O)c1O. The maximum Gasteiger partial charge on any atom is 0.200 e. The summed E-state index contributed by atoms with van der Waals surface area (Å²) in [5.74, 6) is -2.53. The van der Waals surface area contributed by atoms with Gasteiger partial charge in [-0.2, -0.15) is 0 Å². The van der Waals surface area contributed by atoms with Gasteiger partial charge in [0.2, 0.25) is 11.5 Å². The Hall–Kier alpha value is -3.54. The molecule has 0 aliphatic heterocycles. The molecule has 0 spiro atoms. The van der Waals surface area contributed by atoms with Gasteiger partial charge in [-0.25, -0.2) is 0 Å². The Labute approximate surface area is 149 Å². The number of aromatic hydroxyl groups is 6. The minimum absolute atomic E-state index is 0.349. The first kappa shape index (κ1) is 17.3. The third kappa shape index (κ3) is 3.30. The molecule has 0 bridgehead atoms. The number of phenolic OH excluding ortho intramolecular Hbond substituents is 6. The maximum absolute atomic E-state index is 9.89. The minimum atomic E-state index is -0.540. The second-order valence-electron chi connectivity index (χ2n) is 6.05. The van der Waals surface area contributed by atoms with Crippen molar-refractivity contribution in [1.82, 2.24) is 0 Å². The van der Waals surface area contributed by atoms with Crippen LogP contribution in [0.15, 0.2) is 48.5 Å². The van der Waals surface area contributed by atoms with Crippen molar-refractivity contribution in [3.05, 3.63) is 70.8 Å². The van der Waals surface area contributed by atoms with Crippen LogP contribution in [0.3, 0.4) is 0 Å². The van der Waals surface area contributed by atoms with Gasteiger partial charge in [-0.05, 0) is 23.3 Å². The second-order valence-corrected chi connectivity index (χ2v) is 6.05. The first-order valence-corrected chi connectivity index (χ1v) is 7.90. The topological polar surface area (TPSA) is 121 Å². The minimum Gasteiger partial charge on any atom is -0.504 e. The van der Waals surface area contributed by atoms with Gasteiger partial charge < -0.3 is 30.6 Å². The van der Waals surface area contributed by atoms with Crippen molar-refractivity contribution in [2.45, 2.75) is 12.8 Å². The predicted molar refractivity (Wildman–Crippen MR) is 94.9 cm³/mol. The van der Waals surface area contributed by atoms with Crippen LogP contribution in [-0.2, 0) is 12.8 Å². The van der Waals surface area contributed by atoms with E-state index in [0.717, 1.165) is 11.1 Å². The molecule has 0 saturated carbocycles. The Bertz CT molecular complexity index is 869. The summed E-state index contributed by atoms with van der Waals surface area (Å²) in [6.45, 7) is 0. The molecule has 6 nitrogen and oxygen atoms in total. The van der Waals surface area contributed by atoms with E-state index in [-0.39, 0.29) is 23.0 Å². The molecule has 0 atom stereocenters. The first-order chi connectivity index (χ1) is 12.4. The smallest absolute Gasteiger partial charge is 0.200 e. The van der Waals surface area contributed by atoms with Gasteiger partial charge >= 0.3 is 0 Å². The molecule has 0 heterocycles. The molecule has 0 saturated heterocycles. The Balaban J connectivity index is 1.77. The highest BCUT2D eigenvalue weighted by Gasteiger charge is 2.13. The fraction of sp³-hybridized carbons (Fsp3) is 0.100. The van der Waals surface area contributed by atoms with Gasteiger partial charge in [-0.3, -0.25) is 0 Å². The molecule has 6 N–H and O–H groups in total. The molecule has 6 heteroatoms. The highest BCUT2D eigenvalue weighted by atomic mass is 16.3. The quantitative estimate of drug-likeness (QED) is 0.400. The maximum atomic E-state index is 9.89. The van der Waals surface area contributed by atoms with E-state index in [9.17, 15) is 30.6 Å². The largest absolute Gasteiger partial charge is 0.504 e. The van der Waals surface area contributed by atoms with E-state index in [0.29, 0.717) is 24.0 Å². The molecule has 3 rings (SSSR count). The molecule has 26 heavy (non-hydrogen) atoms. The van der Waals surface area contributed by atoms with Crippen molar-refractivity contribution in [1.29, 1.82) is 0 Å². The standard InChI is InChI=1S/C20H18O6/c21-15-7-5-13(17(23)19(15)25)9-11-1-2-12(4-3-11)10-14-6-8-16(22)20(26)18(14)24/h1-8,21-26H,9-10H2. The van der Waals surface area contributed by atoms with Crippen LogP contribution in [0.5, 0.6) is 34.5 Å². The van der Waals surface area contributed by atoms with Gasteiger partial charge in [0.1, 0.15) is 0 Å². The van der Waals surface area contributed by atoms with E-state index in [1.54, 1.807) is 0 Å². The van der Waals surface area contributed by atoms with Crippen LogP contribution in [0.2, 0.25) is 0 Å². The van der Waals surface area contributed by atoms with Gasteiger partial charge in [-0.1, -0.05) is 36.4 Å². The van der Waals surface area contributed by atoms with Crippen LogP contribution in [0, 0.1) is 0 Å². The molecule has 0 aliphatic rings. The van der Waals surface area contributed by atoms with E-state index < -0.39 is 11.5 Å². The van der Waals surface area contributed by atoms with Gasteiger partial charge in [-0.15, -0.1) is 0 Å². The molecule has 0 unspecified atom stereocenters. The fourth-order valence-electron chi connectivity index (χ4n) is 2.72. The van der Waals surface area contributed by atoms with Crippen molar-refractivity contribution in [2.75, 3.05) is 0 Å². The number of phenols is 6. The number of hydrogen-bond donors (Lipinski definition) is 6. The zero-order valence-corrected chi connectivity index (χ0v) is 13.7. The molecular formula is C20H18O6. The molecule has 3 aromatic carbocycles. The van der Waals surface area contributed by atoms with Crippen molar-refractivity contribution in [3.63, 3.8) is 0 Å². The number of hydrogen-bond acceptors (Lipinski definition) is 6. The number of rotatable bonds is 4. The Morgan fingerprint density at radius 2 is 0.769 bits per heavy atom. The van der Waals surface area contributed by atoms with Crippen LogP contribution in [-0.4, -0.2) is 30.6 Å². The molecule has 0 fully saturated rings.